The summed E-state index contributed by atoms with van der Waals surface area (Å²) >= 11 is 0. The number of benzene rings is 1. The van der Waals surface area contributed by atoms with E-state index in [1.54, 1.807) is 0 Å². The van der Waals surface area contributed by atoms with Gasteiger partial charge in [0.1, 0.15) is 5.82 Å². The SMILES string of the molecule is CCNC(=NCc1cc(F)ccc1CS(C)(=O)=O)NCC1CCCN(C(C)C)C1. The number of guanidine groups is 1. The Morgan fingerprint density at radius 2 is 2.07 bits per heavy atom. The minimum Gasteiger partial charge on any atom is -0.357 e. The molecule has 164 valence electrons. The van der Waals surface area contributed by atoms with E-state index in [1.807, 2.05) is 6.92 Å². The summed E-state index contributed by atoms with van der Waals surface area (Å²) in [6.07, 6.45) is 3.58. The molecule has 0 radical (unpaired) electrons. The van der Waals surface area contributed by atoms with Crippen molar-refractivity contribution in [3.8, 4) is 0 Å². The first-order valence-electron chi connectivity index (χ1n) is 10.4. The van der Waals surface area contributed by atoms with E-state index >= 15 is 0 Å². The van der Waals surface area contributed by atoms with E-state index in [2.05, 4.69) is 34.4 Å². The number of hydrogen-bond acceptors (Lipinski definition) is 4. The molecule has 6 nitrogen and oxygen atoms in total. The van der Waals surface area contributed by atoms with Crippen LogP contribution < -0.4 is 10.6 Å². The molecular weight excluding hydrogens is 391 g/mol. The molecule has 8 heteroatoms. The maximum atomic E-state index is 13.7. The molecule has 1 atom stereocenters. The zero-order chi connectivity index (χ0) is 21.4. The van der Waals surface area contributed by atoms with Crippen molar-refractivity contribution in [1.82, 2.24) is 15.5 Å². The predicted molar refractivity (Wildman–Crippen MR) is 117 cm³/mol. The molecule has 2 rings (SSSR count). The molecule has 0 spiro atoms. The minimum atomic E-state index is -3.21. The monoisotopic (exact) mass is 426 g/mol. The van der Waals surface area contributed by atoms with Gasteiger partial charge in [-0.2, -0.15) is 0 Å². The van der Waals surface area contributed by atoms with Gasteiger partial charge < -0.3 is 15.5 Å². The number of aliphatic imine (C=N–C) groups is 1. The van der Waals surface area contributed by atoms with Gasteiger partial charge in [0.15, 0.2) is 15.8 Å². The molecule has 0 aliphatic carbocycles. The lowest BCUT2D eigenvalue weighted by atomic mass is 9.97. The number of rotatable bonds is 8. The van der Waals surface area contributed by atoms with Crippen LogP contribution >= 0.6 is 0 Å². The lowest BCUT2D eigenvalue weighted by molar-refractivity contribution is 0.141. The molecular formula is C21H35FN4O2S. The summed E-state index contributed by atoms with van der Waals surface area (Å²) in [5.74, 6) is 0.727. The van der Waals surface area contributed by atoms with Crippen LogP contribution in [-0.2, 0) is 22.1 Å². The van der Waals surface area contributed by atoms with E-state index in [1.165, 1.54) is 37.3 Å². The highest BCUT2D eigenvalue weighted by atomic mass is 32.2. The lowest BCUT2D eigenvalue weighted by Gasteiger charge is -2.35. The smallest absolute Gasteiger partial charge is 0.191 e. The first-order chi connectivity index (χ1) is 13.7. The average molecular weight is 427 g/mol. The zero-order valence-electron chi connectivity index (χ0n) is 18.0. The number of sulfone groups is 1. The van der Waals surface area contributed by atoms with Gasteiger partial charge in [-0.15, -0.1) is 0 Å². The largest absolute Gasteiger partial charge is 0.357 e. The van der Waals surface area contributed by atoms with E-state index in [4.69, 9.17) is 0 Å². The first-order valence-corrected chi connectivity index (χ1v) is 12.4. The number of halogens is 1. The van der Waals surface area contributed by atoms with E-state index in [-0.39, 0.29) is 18.1 Å². The fourth-order valence-corrected chi connectivity index (χ4v) is 4.49. The van der Waals surface area contributed by atoms with Crippen molar-refractivity contribution in [2.45, 2.75) is 52.0 Å². The molecule has 2 N–H and O–H groups in total. The van der Waals surface area contributed by atoms with Crippen LogP contribution in [-0.4, -0.2) is 57.8 Å². The molecule has 1 unspecified atom stereocenters. The van der Waals surface area contributed by atoms with E-state index in [0.29, 0.717) is 35.6 Å². The van der Waals surface area contributed by atoms with Crippen LogP contribution in [0.5, 0.6) is 0 Å². The van der Waals surface area contributed by atoms with E-state index in [9.17, 15) is 12.8 Å². The van der Waals surface area contributed by atoms with Gasteiger partial charge in [0.25, 0.3) is 0 Å². The van der Waals surface area contributed by atoms with Gasteiger partial charge in [-0.05, 0) is 69.3 Å². The maximum absolute atomic E-state index is 13.7. The maximum Gasteiger partial charge on any atom is 0.191 e. The first kappa shape index (κ1) is 23.6. The summed E-state index contributed by atoms with van der Waals surface area (Å²) in [6.45, 7) is 10.5. The Morgan fingerprint density at radius 1 is 1.31 bits per heavy atom. The molecule has 1 fully saturated rings. The highest BCUT2D eigenvalue weighted by molar-refractivity contribution is 7.89. The van der Waals surface area contributed by atoms with Gasteiger partial charge in [0, 0.05) is 31.9 Å². The zero-order valence-corrected chi connectivity index (χ0v) is 18.9. The van der Waals surface area contributed by atoms with Crippen LogP contribution in [0.1, 0.15) is 44.7 Å². The molecule has 1 aromatic carbocycles. The third-order valence-corrected chi connectivity index (χ3v) is 6.01. The Bertz CT molecular complexity index is 796. The summed E-state index contributed by atoms with van der Waals surface area (Å²) in [4.78, 5) is 7.08. The summed E-state index contributed by atoms with van der Waals surface area (Å²) in [5.41, 5.74) is 1.18. The Balaban J connectivity index is 2.04. The van der Waals surface area contributed by atoms with E-state index in [0.717, 1.165) is 19.6 Å². The highest BCUT2D eigenvalue weighted by Crippen LogP contribution is 2.18. The summed E-state index contributed by atoms with van der Waals surface area (Å²) in [5, 5.41) is 6.62. The number of likely N-dealkylation sites (tertiary alicyclic amines) is 1. The van der Waals surface area contributed by atoms with E-state index < -0.39 is 9.84 Å². The molecule has 1 aliphatic rings. The predicted octanol–water partition coefficient (Wildman–Crippen LogP) is 2.55. The third-order valence-electron chi connectivity index (χ3n) is 5.18. The number of nitrogens with one attached hydrogen (secondary N) is 2. The Morgan fingerprint density at radius 3 is 2.72 bits per heavy atom. The van der Waals surface area contributed by atoms with Gasteiger partial charge in [0.2, 0.25) is 0 Å². The molecule has 0 bridgehead atoms. The van der Waals surface area contributed by atoms with Crippen LogP contribution in [0.2, 0.25) is 0 Å². The van der Waals surface area contributed by atoms with Crippen molar-refractivity contribution >= 4 is 15.8 Å². The normalized spacial score (nSPS) is 18.8. The molecule has 0 amide bonds. The third kappa shape index (κ3) is 8.30. The molecule has 1 aliphatic heterocycles. The number of piperidine rings is 1. The Hall–Kier alpha value is -1.67. The van der Waals surface area contributed by atoms with Crippen LogP contribution in [0.4, 0.5) is 4.39 Å². The van der Waals surface area contributed by atoms with Gasteiger partial charge in [-0.25, -0.2) is 17.8 Å². The second-order valence-corrected chi connectivity index (χ2v) is 10.3. The summed E-state index contributed by atoms with van der Waals surface area (Å²) in [7, 11) is -3.21. The van der Waals surface area contributed by atoms with Crippen molar-refractivity contribution in [2.75, 3.05) is 32.4 Å². The standard InChI is InChI=1S/C21H35FN4O2S/c1-5-23-21(24-12-17-7-6-10-26(14-17)16(2)3)25-13-19-11-20(22)9-8-18(19)15-29(4,27)28/h8-9,11,16-17H,5-7,10,12-15H2,1-4H3,(H2,23,24,25). The van der Waals surface area contributed by atoms with Crippen LogP contribution in [0, 0.1) is 11.7 Å². The topological polar surface area (TPSA) is 73.8 Å². The van der Waals surface area contributed by atoms with Gasteiger partial charge in [-0.1, -0.05) is 6.07 Å². The molecule has 1 heterocycles. The number of nitrogens with zero attached hydrogens (tertiary/aromatic N) is 2. The van der Waals surface area contributed by atoms with Crippen molar-refractivity contribution in [1.29, 1.82) is 0 Å². The Kier molecular flexibility index (Phi) is 8.89. The van der Waals surface area contributed by atoms with Gasteiger partial charge in [-0.3, -0.25) is 0 Å². The van der Waals surface area contributed by atoms with Gasteiger partial charge in [0.05, 0.1) is 12.3 Å². The highest BCUT2D eigenvalue weighted by Gasteiger charge is 2.21. The quantitative estimate of drug-likeness (QED) is 0.494. The lowest BCUT2D eigenvalue weighted by Crippen LogP contribution is -2.46. The van der Waals surface area contributed by atoms with Crippen molar-refractivity contribution in [2.24, 2.45) is 10.9 Å². The fraction of sp³-hybridized carbons (Fsp3) is 0.667. The van der Waals surface area contributed by atoms with Crippen molar-refractivity contribution in [3.05, 3.63) is 35.1 Å². The fourth-order valence-electron chi connectivity index (χ4n) is 3.64. The van der Waals surface area contributed by atoms with Crippen LogP contribution in [0.25, 0.3) is 0 Å². The summed E-state index contributed by atoms with van der Waals surface area (Å²) < 4.78 is 37.1. The van der Waals surface area contributed by atoms with Crippen molar-refractivity contribution in [3.63, 3.8) is 0 Å². The molecule has 0 saturated carbocycles. The van der Waals surface area contributed by atoms with Crippen molar-refractivity contribution < 1.29 is 12.8 Å². The van der Waals surface area contributed by atoms with Crippen LogP contribution in [0.3, 0.4) is 0 Å². The molecule has 29 heavy (non-hydrogen) atoms. The van der Waals surface area contributed by atoms with Gasteiger partial charge >= 0.3 is 0 Å². The second kappa shape index (κ2) is 10.9. The molecule has 0 aromatic heterocycles. The Labute approximate surface area is 174 Å². The van der Waals surface area contributed by atoms with Crippen LogP contribution in [0.15, 0.2) is 23.2 Å². The minimum absolute atomic E-state index is 0.116. The number of hydrogen-bond donors (Lipinski definition) is 2. The summed E-state index contributed by atoms with van der Waals surface area (Å²) in [6, 6.07) is 4.75. The molecule has 1 saturated heterocycles. The second-order valence-electron chi connectivity index (χ2n) is 8.16. The average Bonchev–Trinajstić information content (AvgIpc) is 2.65. The molecule has 1 aromatic rings.